The van der Waals surface area contributed by atoms with E-state index in [4.69, 9.17) is 0 Å². The Morgan fingerprint density at radius 1 is 0.933 bits per heavy atom. The highest BCUT2D eigenvalue weighted by molar-refractivity contribution is 5.44. The van der Waals surface area contributed by atoms with E-state index in [1.54, 1.807) is 0 Å². The zero-order valence-electron chi connectivity index (χ0n) is 10.1. The minimum absolute atomic E-state index is 0. The SMILES string of the molecule is CCc1ccc(O)c(CC)c1CC.[Cl-].[NH4+]. The van der Waals surface area contributed by atoms with Crippen LogP contribution in [0.5, 0.6) is 5.75 Å². The fourth-order valence-corrected chi connectivity index (χ4v) is 1.90. The molecular weight excluding hydrogens is 210 g/mol. The molecule has 15 heavy (non-hydrogen) atoms. The van der Waals surface area contributed by atoms with Gasteiger partial charge in [-0.15, -0.1) is 0 Å². The molecule has 0 spiro atoms. The molecule has 88 valence electrons. The second kappa shape index (κ2) is 7.55. The van der Waals surface area contributed by atoms with Crippen molar-refractivity contribution in [2.45, 2.75) is 40.0 Å². The van der Waals surface area contributed by atoms with E-state index in [9.17, 15) is 5.11 Å². The highest BCUT2D eigenvalue weighted by atomic mass is 35.5. The number of halogens is 1. The molecule has 0 aliphatic carbocycles. The first kappa shape index (κ1) is 16.7. The van der Waals surface area contributed by atoms with Crippen LogP contribution in [-0.2, 0) is 19.3 Å². The summed E-state index contributed by atoms with van der Waals surface area (Å²) in [6.45, 7) is 6.39. The quantitative estimate of drug-likeness (QED) is 0.781. The summed E-state index contributed by atoms with van der Waals surface area (Å²) in [5.41, 5.74) is 3.84. The van der Waals surface area contributed by atoms with Crippen LogP contribution in [0.25, 0.3) is 0 Å². The number of quaternary nitrogens is 1. The van der Waals surface area contributed by atoms with Crippen molar-refractivity contribution >= 4 is 0 Å². The molecule has 0 aliphatic heterocycles. The Morgan fingerprint density at radius 3 is 1.87 bits per heavy atom. The van der Waals surface area contributed by atoms with Gasteiger partial charge >= 0.3 is 0 Å². The van der Waals surface area contributed by atoms with E-state index in [-0.39, 0.29) is 18.6 Å². The molecule has 2 nitrogen and oxygen atoms in total. The van der Waals surface area contributed by atoms with Crippen molar-refractivity contribution < 1.29 is 17.5 Å². The normalized spacial score (nSPS) is 9.00. The van der Waals surface area contributed by atoms with E-state index >= 15 is 0 Å². The number of benzene rings is 1. The molecular formula is C12H22ClNO. The summed E-state index contributed by atoms with van der Waals surface area (Å²) < 4.78 is 0. The third kappa shape index (κ3) is 3.40. The molecule has 0 saturated carbocycles. The Kier molecular flexibility index (Phi) is 8.40. The Bertz CT molecular complexity index is 300. The lowest BCUT2D eigenvalue weighted by Crippen LogP contribution is -3.00. The van der Waals surface area contributed by atoms with Crippen molar-refractivity contribution in [2.24, 2.45) is 0 Å². The van der Waals surface area contributed by atoms with Crippen molar-refractivity contribution in [1.29, 1.82) is 0 Å². The van der Waals surface area contributed by atoms with E-state index in [1.165, 1.54) is 11.1 Å². The average Bonchev–Trinajstić information content (AvgIpc) is 2.17. The molecule has 0 fully saturated rings. The van der Waals surface area contributed by atoms with Crippen LogP contribution in [0.2, 0.25) is 0 Å². The molecule has 5 N–H and O–H groups in total. The van der Waals surface area contributed by atoms with Crippen LogP contribution in [-0.4, -0.2) is 5.11 Å². The van der Waals surface area contributed by atoms with Crippen molar-refractivity contribution in [1.82, 2.24) is 6.15 Å². The maximum atomic E-state index is 9.64. The zero-order valence-corrected chi connectivity index (χ0v) is 10.9. The predicted molar refractivity (Wildman–Crippen MR) is 62.2 cm³/mol. The lowest BCUT2D eigenvalue weighted by atomic mass is 9.95. The minimum Gasteiger partial charge on any atom is -1.00 e. The molecule has 0 amide bonds. The fraction of sp³-hybridized carbons (Fsp3) is 0.500. The smallest absolute Gasteiger partial charge is 0.119 e. The largest absolute Gasteiger partial charge is 1.00 e. The van der Waals surface area contributed by atoms with E-state index < -0.39 is 0 Å². The number of hydrogen-bond acceptors (Lipinski definition) is 1. The molecule has 1 aromatic carbocycles. The molecule has 0 heterocycles. The first-order valence-corrected chi connectivity index (χ1v) is 5.07. The standard InChI is InChI=1S/C12H18O.ClH.H3N/c1-4-9-7-8-12(13)11(6-3)10(9)5-2;;/h7-8,13H,4-6H2,1-3H3;1H;1H3. The predicted octanol–water partition coefficient (Wildman–Crippen LogP) is 0.460. The Hall–Kier alpha value is -0.730. The molecule has 0 atom stereocenters. The van der Waals surface area contributed by atoms with Gasteiger partial charge in [0.2, 0.25) is 0 Å². The fourth-order valence-electron chi connectivity index (χ4n) is 1.90. The van der Waals surface area contributed by atoms with Crippen LogP contribution >= 0.6 is 0 Å². The second-order valence-corrected chi connectivity index (χ2v) is 3.26. The van der Waals surface area contributed by atoms with Crippen LogP contribution in [0, 0.1) is 0 Å². The number of hydrogen-bond donors (Lipinski definition) is 2. The van der Waals surface area contributed by atoms with Crippen LogP contribution in [0.3, 0.4) is 0 Å². The van der Waals surface area contributed by atoms with Gasteiger partial charge in [0.25, 0.3) is 0 Å². The van der Waals surface area contributed by atoms with Gasteiger partial charge < -0.3 is 23.7 Å². The third-order valence-electron chi connectivity index (χ3n) is 2.59. The molecule has 3 heteroatoms. The molecule has 0 unspecified atom stereocenters. The maximum absolute atomic E-state index is 9.64. The Balaban J connectivity index is 0. The molecule has 1 rings (SSSR count). The molecule has 0 radical (unpaired) electrons. The number of aromatic hydroxyl groups is 1. The summed E-state index contributed by atoms with van der Waals surface area (Å²) >= 11 is 0. The van der Waals surface area contributed by atoms with Gasteiger partial charge in [0.05, 0.1) is 0 Å². The lowest BCUT2D eigenvalue weighted by molar-refractivity contribution is -0.00000433. The van der Waals surface area contributed by atoms with E-state index in [2.05, 4.69) is 20.8 Å². The van der Waals surface area contributed by atoms with Crippen molar-refractivity contribution in [3.8, 4) is 5.75 Å². The van der Waals surface area contributed by atoms with Gasteiger partial charge in [0.1, 0.15) is 5.75 Å². The van der Waals surface area contributed by atoms with Crippen LogP contribution in [0.1, 0.15) is 37.5 Å². The molecule has 0 bridgehead atoms. The zero-order chi connectivity index (χ0) is 9.84. The lowest BCUT2D eigenvalue weighted by Gasteiger charge is -2.12. The Morgan fingerprint density at radius 2 is 1.47 bits per heavy atom. The number of phenolic OH excluding ortho intramolecular Hbond substituents is 1. The number of phenols is 1. The first-order chi connectivity index (χ1) is 6.24. The number of rotatable bonds is 3. The second-order valence-electron chi connectivity index (χ2n) is 3.26. The summed E-state index contributed by atoms with van der Waals surface area (Å²) in [6, 6.07) is 3.85. The van der Waals surface area contributed by atoms with Gasteiger partial charge in [-0.1, -0.05) is 26.8 Å². The molecule has 0 aliphatic rings. The topological polar surface area (TPSA) is 56.7 Å². The van der Waals surface area contributed by atoms with Gasteiger partial charge in [0, 0.05) is 0 Å². The molecule has 0 saturated heterocycles. The maximum Gasteiger partial charge on any atom is 0.119 e. The summed E-state index contributed by atoms with van der Waals surface area (Å²) in [5.74, 6) is 0.455. The van der Waals surface area contributed by atoms with Gasteiger partial charge in [-0.3, -0.25) is 0 Å². The average molecular weight is 232 g/mol. The van der Waals surface area contributed by atoms with Gasteiger partial charge in [-0.05, 0) is 42.0 Å². The number of aryl methyl sites for hydroxylation is 1. The van der Waals surface area contributed by atoms with Crippen molar-refractivity contribution in [3.05, 3.63) is 28.8 Å². The molecule has 1 aromatic rings. The van der Waals surface area contributed by atoms with E-state index in [0.29, 0.717) is 5.75 Å². The van der Waals surface area contributed by atoms with E-state index in [0.717, 1.165) is 24.8 Å². The summed E-state index contributed by atoms with van der Waals surface area (Å²) in [6.07, 6.45) is 2.99. The van der Waals surface area contributed by atoms with E-state index in [1.807, 2.05) is 12.1 Å². The van der Waals surface area contributed by atoms with Gasteiger partial charge in [-0.25, -0.2) is 0 Å². The summed E-state index contributed by atoms with van der Waals surface area (Å²) in [4.78, 5) is 0. The minimum atomic E-state index is 0. The van der Waals surface area contributed by atoms with Gasteiger partial charge in [0.15, 0.2) is 0 Å². The highest BCUT2D eigenvalue weighted by Crippen LogP contribution is 2.25. The molecule has 0 aromatic heterocycles. The summed E-state index contributed by atoms with van der Waals surface area (Å²) in [5, 5.41) is 9.64. The summed E-state index contributed by atoms with van der Waals surface area (Å²) in [7, 11) is 0. The van der Waals surface area contributed by atoms with Crippen molar-refractivity contribution in [2.75, 3.05) is 0 Å². The monoisotopic (exact) mass is 231 g/mol. The Labute approximate surface area is 98.7 Å². The van der Waals surface area contributed by atoms with Crippen molar-refractivity contribution in [3.63, 3.8) is 0 Å². The highest BCUT2D eigenvalue weighted by Gasteiger charge is 2.08. The first-order valence-electron chi connectivity index (χ1n) is 5.07. The van der Waals surface area contributed by atoms with Crippen LogP contribution in [0.15, 0.2) is 12.1 Å². The third-order valence-corrected chi connectivity index (χ3v) is 2.59. The van der Waals surface area contributed by atoms with Crippen LogP contribution < -0.4 is 18.6 Å². The van der Waals surface area contributed by atoms with Crippen LogP contribution in [0.4, 0.5) is 0 Å². The van der Waals surface area contributed by atoms with Gasteiger partial charge in [-0.2, -0.15) is 0 Å².